The summed E-state index contributed by atoms with van der Waals surface area (Å²) in [5, 5.41) is 9.83. The molecular formula is C16H21FN2O2. The van der Waals surface area contributed by atoms with Gasteiger partial charge in [0.25, 0.3) is 5.91 Å². The SMILES string of the molecule is CCN(CC(C)(C)O)C(=O)c1cc(C#CCN)ccc1F. The fourth-order valence-corrected chi connectivity index (χ4v) is 1.88. The number of hydrogen-bond acceptors (Lipinski definition) is 3. The van der Waals surface area contributed by atoms with Gasteiger partial charge in [-0.2, -0.15) is 0 Å². The van der Waals surface area contributed by atoms with Crippen LogP contribution >= 0.6 is 0 Å². The van der Waals surface area contributed by atoms with E-state index in [0.29, 0.717) is 12.1 Å². The number of likely N-dealkylation sites (N-methyl/N-ethyl adjacent to an activating group) is 1. The number of halogens is 1. The zero-order valence-corrected chi connectivity index (χ0v) is 12.6. The minimum Gasteiger partial charge on any atom is -0.389 e. The van der Waals surface area contributed by atoms with Crippen LogP contribution in [0.15, 0.2) is 18.2 Å². The molecule has 1 aromatic rings. The first kappa shape index (κ1) is 17.2. The molecule has 4 nitrogen and oxygen atoms in total. The summed E-state index contributed by atoms with van der Waals surface area (Å²) in [6.45, 7) is 5.67. The van der Waals surface area contributed by atoms with Crippen LogP contribution in [0.2, 0.25) is 0 Å². The Morgan fingerprint density at radius 3 is 2.67 bits per heavy atom. The van der Waals surface area contributed by atoms with Gasteiger partial charge in [0, 0.05) is 18.7 Å². The van der Waals surface area contributed by atoms with Crippen LogP contribution in [0.25, 0.3) is 0 Å². The summed E-state index contributed by atoms with van der Waals surface area (Å²) in [6, 6.07) is 4.13. The van der Waals surface area contributed by atoms with Gasteiger partial charge in [0.1, 0.15) is 5.82 Å². The number of nitrogens with zero attached hydrogens (tertiary/aromatic N) is 1. The van der Waals surface area contributed by atoms with Gasteiger partial charge < -0.3 is 15.7 Å². The van der Waals surface area contributed by atoms with E-state index in [-0.39, 0.29) is 18.7 Å². The van der Waals surface area contributed by atoms with Gasteiger partial charge in [0.15, 0.2) is 0 Å². The van der Waals surface area contributed by atoms with Gasteiger partial charge in [-0.1, -0.05) is 11.8 Å². The summed E-state index contributed by atoms with van der Waals surface area (Å²) in [5.41, 5.74) is 4.73. The lowest BCUT2D eigenvalue weighted by molar-refractivity contribution is 0.0312. The average Bonchev–Trinajstić information content (AvgIpc) is 2.42. The van der Waals surface area contributed by atoms with Crippen LogP contribution in [-0.2, 0) is 0 Å². The molecule has 0 fully saturated rings. The molecule has 21 heavy (non-hydrogen) atoms. The van der Waals surface area contributed by atoms with Gasteiger partial charge >= 0.3 is 0 Å². The van der Waals surface area contributed by atoms with Crippen LogP contribution in [0.3, 0.4) is 0 Å². The highest BCUT2D eigenvalue weighted by molar-refractivity contribution is 5.95. The van der Waals surface area contributed by atoms with Crippen LogP contribution in [-0.4, -0.2) is 41.1 Å². The molecule has 0 aliphatic carbocycles. The van der Waals surface area contributed by atoms with Gasteiger partial charge in [-0.05, 0) is 39.0 Å². The Labute approximate surface area is 124 Å². The molecule has 3 N–H and O–H groups in total. The highest BCUT2D eigenvalue weighted by Crippen LogP contribution is 2.15. The molecule has 0 atom stereocenters. The van der Waals surface area contributed by atoms with Crippen molar-refractivity contribution < 1.29 is 14.3 Å². The second kappa shape index (κ2) is 7.21. The van der Waals surface area contributed by atoms with E-state index in [9.17, 15) is 14.3 Å². The molecule has 0 heterocycles. The van der Waals surface area contributed by atoms with Gasteiger partial charge in [-0.15, -0.1) is 0 Å². The number of rotatable bonds is 4. The highest BCUT2D eigenvalue weighted by atomic mass is 19.1. The van der Waals surface area contributed by atoms with E-state index >= 15 is 0 Å². The van der Waals surface area contributed by atoms with E-state index in [1.165, 1.54) is 23.1 Å². The predicted octanol–water partition coefficient (Wildman–Crippen LogP) is 1.37. The van der Waals surface area contributed by atoms with Crippen LogP contribution in [0, 0.1) is 17.7 Å². The molecule has 0 bridgehead atoms. The minimum absolute atomic E-state index is 0.0510. The number of amides is 1. The standard InChI is InChI=1S/C16H21FN2O2/c1-4-19(11-16(2,3)21)15(20)13-10-12(6-5-9-18)7-8-14(13)17/h7-8,10,21H,4,9,11,18H2,1-3H3. The Bertz CT molecular complexity index is 568. The van der Waals surface area contributed by atoms with Crippen molar-refractivity contribution >= 4 is 5.91 Å². The Balaban J connectivity index is 3.09. The first-order valence-corrected chi connectivity index (χ1v) is 6.78. The third kappa shape index (κ3) is 5.18. The fraction of sp³-hybridized carbons (Fsp3) is 0.438. The van der Waals surface area contributed by atoms with E-state index < -0.39 is 17.3 Å². The first-order valence-electron chi connectivity index (χ1n) is 6.78. The van der Waals surface area contributed by atoms with Crippen LogP contribution < -0.4 is 5.73 Å². The number of nitrogens with two attached hydrogens (primary N) is 1. The van der Waals surface area contributed by atoms with E-state index in [0.717, 1.165) is 0 Å². The molecule has 0 saturated carbocycles. The lowest BCUT2D eigenvalue weighted by Gasteiger charge is -2.28. The maximum absolute atomic E-state index is 13.9. The van der Waals surface area contributed by atoms with Crippen molar-refractivity contribution in [3.8, 4) is 11.8 Å². The van der Waals surface area contributed by atoms with Crippen LogP contribution in [0.1, 0.15) is 36.7 Å². The summed E-state index contributed by atoms with van der Waals surface area (Å²) in [7, 11) is 0. The number of hydrogen-bond donors (Lipinski definition) is 2. The molecule has 114 valence electrons. The molecular weight excluding hydrogens is 271 g/mol. The van der Waals surface area contributed by atoms with Gasteiger partial charge in [-0.3, -0.25) is 4.79 Å². The van der Waals surface area contributed by atoms with Crippen molar-refractivity contribution in [1.82, 2.24) is 4.90 Å². The van der Waals surface area contributed by atoms with Crippen molar-refractivity contribution in [3.63, 3.8) is 0 Å². The van der Waals surface area contributed by atoms with Gasteiger partial charge in [-0.25, -0.2) is 4.39 Å². The maximum atomic E-state index is 13.9. The monoisotopic (exact) mass is 292 g/mol. The molecule has 0 unspecified atom stereocenters. The van der Waals surface area contributed by atoms with Crippen LogP contribution in [0.4, 0.5) is 4.39 Å². The van der Waals surface area contributed by atoms with E-state index in [4.69, 9.17) is 5.73 Å². The molecule has 0 spiro atoms. The Hall–Kier alpha value is -1.90. The van der Waals surface area contributed by atoms with Crippen molar-refractivity contribution in [1.29, 1.82) is 0 Å². The smallest absolute Gasteiger partial charge is 0.256 e. The highest BCUT2D eigenvalue weighted by Gasteiger charge is 2.24. The molecule has 0 aromatic heterocycles. The van der Waals surface area contributed by atoms with E-state index in [1.54, 1.807) is 20.8 Å². The summed E-state index contributed by atoms with van der Waals surface area (Å²) < 4.78 is 13.9. The summed E-state index contributed by atoms with van der Waals surface area (Å²) in [6.07, 6.45) is 0. The Kier molecular flexibility index (Phi) is 5.89. The third-order valence-electron chi connectivity index (χ3n) is 2.78. The second-order valence-corrected chi connectivity index (χ2v) is 5.33. The summed E-state index contributed by atoms with van der Waals surface area (Å²) in [4.78, 5) is 13.8. The second-order valence-electron chi connectivity index (χ2n) is 5.33. The zero-order chi connectivity index (χ0) is 16.0. The molecule has 0 saturated heterocycles. The molecule has 0 aliphatic rings. The number of aliphatic hydroxyl groups is 1. The van der Waals surface area contributed by atoms with Gasteiger partial charge in [0.05, 0.1) is 17.7 Å². The Morgan fingerprint density at radius 2 is 2.14 bits per heavy atom. The molecule has 0 aliphatic heterocycles. The van der Waals surface area contributed by atoms with Crippen molar-refractivity contribution in [2.24, 2.45) is 5.73 Å². The average molecular weight is 292 g/mol. The molecule has 1 rings (SSSR count). The summed E-state index contributed by atoms with van der Waals surface area (Å²) in [5.74, 6) is 4.36. The lowest BCUT2D eigenvalue weighted by atomic mass is 10.1. The quantitative estimate of drug-likeness (QED) is 0.824. The van der Waals surface area contributed by atoms with Crippen molar-refractivity contribution in [2.45, 2.75) is 26.4 Å². The topological polar surface area (TPSA) is 66.6 Å². The predicted molar refractivity (Wildman–Crippen MR) is 80.2 cm³/mol. The summed E-state index contributed by atoms with van der Waals surface area (Å²) >= 11 is 0. The number of carbonyl (C=O) groups is 1. The van der Waals surface area contributed by atoms with E-state index in [2.05, 4.69) is 11.8 Å². The lowest BCUT2D eigenvalue weighted by Crippen LogP contribution is -2.42. The van der Waals surface area contributed by atoms with Crippen molar-refractivity contribution in [2.75, 3.05) is 19.6 Å². The third-order valence-corrected chi connectivity index (χ3v) is 2.78. The minimum atomic E-state index is -1.04. The molecule has 5 heteroatoms. The number of benzene rings is 1. The molecule has 1 aromatic carbocycles. The maximum Gasteiger partial charge on any atom is 0.256 e. The largest absolute Gasteiger partial charge is 0.389 e. The first-order chi connectivity index (χ1) is 9.78. The fourth-order valence-electron chi connectivity index (χ4n) is 1.88. The van der Waals surface area contributed by atoms with Crippen molar-refractivity contribution in [3.05, 3.63) is 35.1 Å². The van der Waals surface area contributed by atoms with Crippen LogP contribution in [0.5, 0.6) is 0 Å². The molecule has 1 amide bonds. The molecule has 0 radical (unpaired) electrons. The zero-order valence-electron chi connectivity index (χ0n) is 12.6. The Morgan fingerprint density at radius 1 is 1.48 bits per heavy atom. The number of carbonyl (C=O) groups excluding carboxylic acids is 1. The van der Waals surface area contributed by atoms with E-state index in [1.807, 2.05) is 0 Å². The normalized spacial score (nSPS) is 10.8. The van der Waals surface area contributed by atoms with Gasteiger partial charge in [0.2, 0.25) is 0 Å².